The number of hydrogen-bond donors (Lipinski definition) is 3. The molecule has 0 saturated carbocycles. The normalized spacial score (nSPS) is 11.0. The van der Waals surface area contributed by atoms with Gasteiger partial charge in [-0.15, -0.1) is 0 Å². The van der Waals surface area contributed by atoms with Crippen LogP contribution in [-0.2, 0) is 11.2 Å². The van der Waals surface area contributed by atoms with Crippen LogP contribution < -0.4 is 10.6 Å². The van der Waals surface area contributed by atoms with Crippen molar-refractivity contribution in [3.8, 4) is 5.75 Å². The van der Waals surface area contributed by atoms with Gasteiger partial charge >= 0.3 is 0 Å². The molecule has 0 radical (unpaired) electrons. The summed E-state index contributed by atoms with van der Waals surface area (Å²) in [6.45, 7) is 5.72. The number of rotatable bonds is 4. The Morgan fingerprint density at radius 1 is 1.04 bits per heavy atom. The Morgan fingerprint density at radius 3 is 2.42 bits per heavy atom. The maximum Gasteiger partial charge on any atom is 0.251 e. The molecule has 0 aliphatic rings. The molecule has 2 rings (SSSR count). The van der Waals surface area contributed by atoms with Crippen molar-refractivity contribution in [1.29, 1.82) is 0 Å². The molecule has 0 fully saturated rings. The Balaban J connectivity index is 2.05. The molecule has 2 amide bonds. The summed E-state index contributed by atoms with van der Waals surface area (Å²) in [7, 11) is 0. The first kappa shape index (κ1) is 17.5. The molecule has 126 valence electrons. The lowest BCUT2D eigenvalue weighted by Crippen LogP contribution is -2.40. The van der Waals surface area contributed by atoms with Gasteiger partial charge < -0.3 is 15.7 Å². The molecule has 5 nitrogen and oxygen atoms in total. The van der Waals surface area contributed by atoms with Crippen molar-refractivity contribution in [1.82, 2.24) is 5.32 Å². The van der Waals surface area contributed by atoms with Gasteiger partial charge in [-0.05, 0) is 45.0 Å². The summed E-state index contributed by atoms with van der Waals surface area (Å²) >= 11 is 0. The second kappa shape index (κ2) is 7.17. The number of anilines is 1. The lowest BCUT2D eigenvalue weighted by atomic mass is 10.1. The molecule has 0 aromatic heterocycles. The third kappa shape index (κ3) is 5.12. The second-order valence-electron chi connectivity index (χ2n) is 6.64. The summed E-state index contributed by atoms with van der Waals surface area (Å²) in [6, 6.07) is 13.5. The molecular formula is C19H22N2O3. The van der Waals surface area contributed by atoms with Crippen molar-refractivity contribution < 1.29 is 14.7 Å². The van der Waals surface area contributed by atoms with Crippen LogP contribution in [0, 0.1) is 0 Å². The maximum absolute atomic E-state index is 12.2. The van der Waals surface area contributed by atoms with E-state index in [4.69, 9.17) is 0 Å². The number of para-hydroxylation sites is 1. The molecule has 0 aliphatic heterocycles. The van der Waals surface area contributed by atoms with Gasteiger partial charge in [0.1, 0.15) is 5.75 Å². The summed E-state index contributed by atoms with van der Waals surface area (Å²) in [4.78, 5) is 24.3. The lowest BCUT2D eigenvalue weighted by Gasteiger charge is -2.20. The predicted molar refractivity (Wildman–Crippen MR) is 94.1 cm³/mol. The van der Waals surface area contributed by atoms with Gasteiger partial charge in [0, 0.05) is 22.4 Å². The highest BCUT2D eigenvalue weighted by Gasteiger charge is 2.16. The zero-order chi connectivity index (χ0) is 17.7. The van der Waals surface area contributed by atoms with Crippen molar-refractivity contribution in [2.24, 2.45) is 0 Å². The quantitative estimate of drug-likeness (QED) is 0.808. The third-order valence-corrected chi connectivity index (χ3v) is 3.24. The predicted octanol–water partition coefficient (Wildman–Crippen LogP) is 3.10. The maximum atomic E-state index is 12.2. The Bertz CT molecular complexity index is 748. The van der Waals surface area contributed by atoms with Gasteiger partial charge in [0.15, 0.2) is 0 Å². The molecule has 0 heterocycles. The summed E-state index contributed by atoms with van der Waals surface area (Å²) in [6.07, 6.45) is 0.0606. The first-order valence-electron chi connectivity index (χ1n) is 7.74. The van der Waals surface area contributed by atoms with Gasteiger partial charge in [-0.25, -0.2) is 0 Å². The molecule has 0 aliphatic carbocycles. The van der Waals surface area contributed by atoms with Crippen LogP contribution >= 0.6 is 0 Å². The number of amides is 2. The van der Waals surface area contributed by atoms with Gasteiger partial charge in [0.25, 0.3) is 5.91 Å². The van der Waals surface area contributed by atoms with Crippen LogP contribution in [0.15, 0.2) is 48.5 Å². The third-order valence-electron chi connectivity index (χ3n) is 3.24. The second-order valence-corrected chi connectivity index (χ2v) is 6.64. The molecule has 2 aromatic carbocycles. The van der Waals surface area contributed by atoms with E-state index in [1.807, 2.05) is 20.8 Å². The largest absolute Gasteiger partial charge is 0.508 e. The van der Waals surface area contributed by atoms with Crippen molar-refractivity contribution in [3.63, 3.8) is 0 Å². The van der Waals surface area contributed by atoms with Gasteiger partial charge in [0.05, 0.1) is 6.42 Å². The standard InChI is InChI=1S/C19H22N2O3/c1-19(2,3)21-18(24)14-8-6-9-15(11-14)20-17(23)12-13-7-4-5-10-16(13)22/h4-11,22H,12H2,1-3H3,(H,20,23)(H,21,24). The number of benzene rings is 2. The average Bonchev–Trinajstić information content (AvgIpc) is 2.48. The van der Waals surface area contributed by atoms with E-state index in [0.717, 1.165) is 0 Å². The van der Waals surface area contributed by atoms with E-state index < -0.39 is 0 Å². The van der Waals surface area contributed by atoms with Gasteiger partial charge in [-0.2, -0.15) is 0 Å². The fourth-order valence-electron chi connectivity index (χ4n) is 2.19. The van der Waals surface area contributed by atoms with E-state index in [9.17, 15) is 14.7 Å². The highest BCUT2D eigenvalue weighted by molar-refractivity contribution is 5.98. The van der Waals surface area contributed by atoms with Crippen LogP contribution in [0.5, 0.6) is 5.75 Å². The Hall–Kier alpha value is -2.82. The molecule has 24 heavy (non-hydrogen) atoms. The molecule has 0 bridgehead atoms. The van der Waals surface area contributed by atoms with Gasteiger partial charge in [0.2, 0.25) is 5.91 Å². The van der Waals surface area contributed by atoms with Crippen LogP contribution in [0.1, 0.15) is 36.7 Å². The first-order chi connectivity index (χ1) is 11.2. The van der Waals surface area contributed by atoms with Crippen molar-refractivity contribution in [3.05, 3.63) is 59.7 Å². The Labute approximate surface area is 141 Å². The topological polar surface area (TPSA) is 78.4 Å². The van der Waals surface area contributed by atoms with Crippen molar-refractivity contribution >= 4 is 17.5 Å². The van der Waals surface area contributed by atoms with Gasteiger partial charge in [-0.1, -0.05) is 24.3 Å². The van der Waals surface area contributed by atoms with E-state index in [2.05, 4.69) is 10.6 Å². The monoisotopic (exact) mass is 326 g/mol. The Kier molecular flexibility index (Phi) is 5.24. The molecule has 0 atom stereocenters. The van der Waals surface area contributed by atoms with E-state index in [-0.39, 0.29) is 29.5 Å². The number of phenols is 1. The summed E-state index contributed by atoms with van der Waals surface area (Å²) in [5, 5.41) is 15.3. The van der Waals surface area contributed by atoms with Crippen LogP contribution in [0.3, 0.4) is 0 Å². The zero-order valence-corrected chi connectivity index (χ0v) is 14.1. The number of nitrogens with one attached hydrogen (secondary N) is 2. The molecule has 3 N–H and O–H groups in total. The SMILES string of the molecule is CC(C)(C)NC(=O)c1cccc(NC(=O)Cc2ccccc2O)c1. The summed E-state index contributed by atoms with van der Waals surface area (Å²) in [5.41, 5.74) is 1.24. The molecule has 5 heteroatoms. The lowest BCUT2D eigenvalue weighted by molar-refractivity contribution is -0.115. The van der Waals surface area contributed by atoms with E-state index >= 15 is 0 Å². The van der Waals surface area contributed by atoms with Crippen molar-refractivity contribution in [2.75, 3.05) is 5.32 Å². The number of phenolic OH excluding ortho intramolecular Hbond substituents is 1. The summed E-state index contributed by atoms with van der Waals surface area (Å²) < 4.78 is 0. The minimum absolute atomic E-state index is 0.0606. The van der Waals surface area contributed by atoms with Crippen LogP contribution in [0.25, 0.3) is 0 Å². The first-order valence-corrected chi connectivity index (χ1v) is 7.74. The fourth-order valence-corrected chi connectivity index (χ4v) is 2.19. The number of aromatic hydroxyl groups is 1. The van der Waals surface area contributed by atoms with Crippen LogP contribution in [0.2, 0.25) is 0 Å². The molecule has 0 saturated heterocycles. The number of carbonyl (C=O) groups is 2. The molecular weight excluding hydrogens is 304 g/mol. The van der Waals surface area contributed by atoms with E-state index in [1.54, 1.807) is 48.5 Å². The number of hydrogen-bond acceptors (Lipinski definition) is 3. The smallest absolute Gasteiger partial charge is 0.251 e. The van der Waals surface area contributed by atoms with Crippen LogP contribution in [0.4, 0.5) is 5.69 Å². The molecule has 2 aromatic rings. The zero-order valence-electron chi connectivity index (χ0n) is 14.1. The fraction of sp³-hybridized carbons (Fsp3) is 0.263. The van der Waals surface area contributed by atoms with E-state index in [0.29, 0.717) is 16.8 Å². The number of carbonyl (C=O) groups excluding carboxylic acids is 2. The van der Waals surface area contributed by atoms with Crippen molar-refractivity contribution in [2.45, 2.75) is 32.7 Å². The molecule has 0 unspecified atom stereocenters. The average molecular weight is 326 g/mol. The highest BCUT2D eigenvalue weighted by Crippen LogP contribution is 2.17. The van der Waals surface area contributed by atoms with Crippen LogP contribution in [-0.4, -0.2) is 22.5 Å². The molecule has 0 spiro atoms. The minimum atomic E-state index is -0.332. The summed E-state index contributed by atoms with van der Waals surface area (Å²) in [5.74, 6) is -0.366. The Morgan fingerprint density at radius 2 is 1.75 bits per heavy atom. The van der Waals surface area contributed by atoms with E-state index in [1.165, 1.54) is 0 Å². The van der Waals surface area contributed by atoms with Gasteiger partial charge in [-0.3, -0.25) is 9.59 Å². The highest BCUT2D eigenvalue weighted by atomic mass is 16.3. The minimum Gasteiger partial charge on any atom is -0.508 e.